The first kappa shape index (κ1) is 13.9. The zero-order chi connectivity index (χ0) is 14.5. The topological polar surface area (TPSA) is 49.3 Å². The summed E-state index contributed by atoms with van der Waals surface area (Å²) in [6.07, 6.45) is 4.47. The van der Waals surface area contributed by atoms with Crippen molar-refractivity contribution in [2.45, 2.75) is 25.9 Å². The maximum atomic E-state index is 11.8. The first-order valence-electron chi connectivity index (χ1n) is 7.64. The van der Waals surface area contributed by atoms with Crippen molar-refractivity contribution in [2.24, 2.45) is 0 Å². The molecule has 21 heavy (non-hydrogen) atoms. The van der Waals surface area contributed by atoms with Crippen molar-refractivity contribution < 1.29 is 9.69 Å². The van der Waals surface area contributed by atoms with Crippen molar-refractivity contribution in [3.8, 4) is 0 Å². The van der Waals surface area contributed by atoms with Crippen LogP contribution in [0.4, 0.5) is 0 Å². The first-order chi connectivity index (χ1) is 10.3. The van der Waals surface area contributed by atoms with E-state index in [1.54, 1.807) is 17.2 Å². The third-order valence-corrected chi connectivity index (χ3v) is 4.08. The average Bonchev–Trinajstić information content (AvgIpc) is 3.19. The second-order valence-corrected chi connectivity index (χ2v) is 5.72. The monoisotopic (exact) mass is 284 g/mol. The molecule has 0 spiro atoms. The van der Waals surface area contributed by atoms with E-state index in [1.807, 2.05) is 6.07 Å². The Kier molecular flexibility index (Phi) is 4.36. The van der Waals surface area contributed by atoms with Gasteiger partial charge in [0, 0.05) is 31.1 Å². The van der Waals surface area contributed by atoms with Crippen LogP contribution in [-0.4, -0.2) is 24.0 Å². The number of benzene rings is 1. The minimum absolute atomic E-state index is 0.0643. The van der Waals surface area contributed by atoms with E-state index in [0.717, 1.165) is 12.1 Å². The molecule has 0 aliphatic carbocycles. The molecule has 1 aromatic heterocycles. The van der Waals surface area contributed by atoms with Crippen LogP contribution in [0.25, 0.3) is 0 Å². The van der Waals surface area contributed by atoms with E-state index in [-0.39, 0.29) is 5.91 Å². The number of aromatic amines is 1. The summed E-state index contributed by atoms with van der Waals surface area (Å²) >= 11 is 0. The normalized spacial score (nSPS) is 15.2. The molecule has 0 saturated carbocycles. The number of amides is 1. The Bertz CT molecular complexity index is 569. The Morgan fingerprint density at radius 2 is 1.81 bits per heavy atom. The Labute approximate surface area is 125 Å². The number of nitrogens with one attached hydrogen (secondary N) is 3. The molecule has 2 heterocycles. The van der Waals surface area contributed by atoms with Gasteiger partial charge in [0.2, 0.25) is 0 Å². The maximum Gasteiger partial charge on any atom is 0.267 e. The molecule has 3 N–H and O–H groups in total. The Morgan fingerprint density at radius 3 is 2.48 bits per heavy atom. The summed E-state index contributed by atoms with van der Waals surface area (Å²) < 4.78 is 0. The van der Waals surface area contributed by atoms with Gasteiger partial charge in [0.15, 0.2) is 0 Å². The zero-order valence-corrected chi connectivity index (χ0v) is 12.2. The van der Waals surface area contributed by atoms with Gasteiger partial charge >= 0.3 is 0 Å². The Balaban J connectivity index is 1.51. The van der Waals surface area contributed by atoms with Crippen LogP contribution in [0.2, 0.25) is 0 Å². The molecule has 4 heteroatoms. The highest BCUT2D eigenvalue weighted by atomic mass is 16.1. The van der Waals surface area contributed by atoms with Gasteiger partial charge in [-0.1, -0.05) is 24.3 Å². The van der Waals surface area contributed by atoms with E-state index in [1.165, 1.54) is 31.5 Å². The van der Waals surface area contributed by atoms with Crippen molar-refractivity contribution in [1.82, 2.24) is 10.3 Å². The number of hydrogen-bond acceptors (Lipinski definition) is 1. The molecule has 3 rings (SSSR count). The highest BCUT2D eigenvalue weighted by Gasteiger charge is 2.15. The fourth-order valence-electron chi connectivity index (χ4n) is 2.86. The van der Waals surface area contributed by atoms with E-state index >= 15 is 0 Å². The van der Waals surface area contributed by atoms with Crippen molar-refractivity contribution in [3.05, 3.63) is 59.4 Å². The molecule has 0 bridgehead atoms. The van der Waals surface area contributed by atoms with Gasteiger partial charge in [-0.15, -0.1) is 0 Å². The quantitative estimate of drug-likeness (QED) is 0.757. The van der Waals surface area contributed by atoms with Crippen LogP contribution in [0.1, 0.15) is 34.5 Å². The maximum absolute atomic E-state index is 11.8. The van der Waals surface area contributed by atoms with Crippen LogP contribution in [0.15, 0.2) is 42.6 Å². The predicted octanol–water partition coefficient (Wildman–Crippen LogP) is 1.12. The zero-order valence-electron chi connectivity index (χ0n) is 12.2. The summed E-state index contributed by atoms with van der Waals surface area (Å²) in [5.74, 6) is -0.0643. The standard InChI is InChI=1S/C17H21N3O/c21-17(16-4-3-9-18-16)19-12-14-5-7-15(8-6-14)13-20-10-1-2-11-20/h3-9,18H,1-2,10-13H2,(H,19,21)/p+1. The number of carbonyl (C=O) groups excluding carboxylic acids is 1. The van der Waals surface area contributed by atoms with Crippen LogP contribution in [0, 0.1) is 0 Å². The predicted molar refractivity (Wildman–Crippen MR) is 82.0 cm³/mol. The molecule has 1 fully saturated rings. The molecule has 0 unspecified atom stereocenters. The second kappa shape index (κ2) is 6.59. The molecule has 0 atom stereocenters. The highest BCUT2D eigenvalue weighted by Crippen LogP contribution is 2.05. The fraction of sp³-hybridized carbons (Fsp3) is 0.353. The van der Waals surface area contributed by atoms with Crippen LogP contribution in [0.3, 0.4) is 0 Å². The van der Waals surface area contributed by atoms with Crippen molar-refractivity contribution in [1.29, 1.82) is 0 Å². The van der Waals surface area contributed by atoms with Gasteiger partial charge in [-0.3, -0.25) is 4.79 Å². The number of aromatic nitrogens is 1. The van der Waals surface area contributed by atoms with E-state index in [9.17, 15) is 4.79 Å². The van der Waals surface area contributed by atoms with Crippen LogP contribution < -0.4 is 10.2 Å². The molecular weight excluding hydrogens is 262 g/mol. The molecule has 4 nitrogen and oxygen atoms in total. The molecular formula is C17H22N3O+. The fourth-order valence-corrected chi connectivity index (χ4v) is 2.86. The van der Waals surface area contributed by atoms with E-state index in [4.69, 9.17) is 0 Å². The molecule has 1 aromatic carbocycles. The largest absolute Gasteiger partial charge is 0.357 e. The lowest BCUT2D eigenvalue weighted by Crippen LogP contribution is -3.08. The third kappa shape index (κ3) is 3.73. The summed E-state index contributed by atoms with van der Waals surface area (Å²) in [5, 5.41) is 2.92. The summed E-state index contributed by atoms with van der Waals surface area (Å²) in [6.45, 7) is 4.28. The second-order valence-electron chi connectivity index (χ2n) is 5.72. The van der Waals surface area contributed by atoms with Crippen molar-refractivity contribution >= 4 is 5.91 Å². The molecule has 110 valence electrons. The molecule has 1 saturated heterocycles. The smallest absolute Gasteiger partial charge is 0.267 e. The number of carbonyl (C=O) groups is 1. The number of quaternary nitrogens is 1. The third-order valence-electron chi connectivity index (χ3n) is 4.08. The summed E-state index contributed by atoms with van der Waals surface area (Å²) in [5.41, 5.74) is 3.12. The van der Waals surface area contributed by atoms with E-state index in [2.05, 4.69) is 34.6 Å². The molecule has 1 aliphatic rings. The Hall–Kier alpha value is -2.07. The van der Waals surface area contributed by atoms with Gasteiger partial charge in [-0.05, 0) is 17.7 Å². The minimum atomic E-state index is -0.0643. The van der Waals surface area contributed by atoms with E-state index < -0.39 is 0 Å². The van der Waals surface area contributed by atoms with Gasteiger partial charge in [-0.2, -0.15) is 0 Å². The Morgan fingerprint density at radius 1 is 1.10 bits per heavy atom. The van der Waals surface area contributed by atoms with Gasteiger partial charge in [0.25, 0.3) is 5.91 Å². The number of H-pyrrole nitrogens is 1. The number of hydrogen-bond donors (Lipinski definition) is 3. The molecule has 2 aromatic rings. The van der Waals surface area contributed by atoms with Gasteiger partial charge in [0.05, 0.1) is 13.1 Å². The van der Waals surface area contributed by atoms with Gasteiger partial charge in [-0.25, -0.2) is 0 Å². The SMILES string of the molecule is O=C(NCc1ccc(C[NH+]2CCCC2)cc1)c1ccc[nH]1. The van der Waals surface area contributed by atoms with Crippen LogP contribution in [0.5, 0.6) is 0 Å². The van der Waals surface area contributed by atoms with Crippen LogP contribution in [-0.2, 0) is 13.1 Å². The summed E-state index contributed by atoms with van der Waals surface area (Å²) in [7, 11) is 0. The lowest BCUT2D eigenvalue weighted by atomic mass is 10.1. The number of likely N-dealkylation sites (tertiary alicyclic amines) is 1. The minimum Gasteiger partial charge on any atom is -0.357 e. The molecule has 0 radical (unpaired) electrons. The highest BCUT2D eigenvalue weighted by molar-refractivity contribution is 5.92. The van der Waals surface area contributed by atoms with E-state index in [0.29, 0.717) is 12.2 Å². The molecule has 1 amide bonds. The lowest BCUT2D eigenvalue weighted by molar-refractivity contribution is -0.901. The summed E-state index contributed by atoms with van der Waals surface area (Å²) in [4.78, 5) is 16.4. The van der Waals surface area contributed by atoms with Gasteiger partial charge < -0.3 is 15.2 Å². The average molecular weight is 284 g/mol. The summed E-state index contributed by atoms with van der Waals surface area (Å²) in [6, 6.07) is 12.2. The molecule has 1 aliphatic heterocycles. The van der Waals surface area contributed by atoms with Crippen molar-refractivity contribution in [2.75, 3.05) is 13.1 Å². The van der Waals surface area contributed by atoms with Crippen molar-refractivity contribution in [3.63, 3.8) is 0 Å². The lowest BCUT2D eigenvalue weighted by Gasteiger charge is -2.12. The first-order valence-corrected chi connectivity index (χ1v) is 7.64. The number of rotatable bonds is 5. The van der Waals surface area contributed by atoms with Gasteiger partial charge in [0.1, 0.15) is 12.2 Å². The van der Waals surface area contributed by atoms with Crippen LogP contribution >= 0.6 is 0 Å².